The fourth-order valence-corrected chi connectivity index (χ4v) is 1.90. The average Bonchev–Trinajstić information content (AvgIpc) is 2.42. The molecule has 4 heteroatoms. The van der Waals surface area contributed by atoms with E-state index in [1.807, 2.05) is 24.3 Å². The molecule has 2 N–H and O–H groups in total. The summed E-state index contributed by atoms with van der Waals surface area (Å²) < 4.78 is 5.15. The Balaban J connectivity index is 1.92. The van der Waals surface area contributed by atoms with Crippen molar-refractivity contribution in [2.75, 3.05) is 19.9 Å². The van der Waals surface area contributed by atoms with Gasteiger partial charge in [0.1, 0.15) is 5.75 Å². The van der Waals surface area contributed by atoms with E-state index >= 15 is 0 Å². The maximum absolute atomic E-state index is 5.62. The van der Waals surface area contributed by atoms with E-state index in [1.165, 1.54) is 5.56 Å². The number of nitrogens with two attached hydrogens (primary N) is 1. The van der Waals surface area contributed by atoms with Gasteiger partial charge in [-0.15, -0.1) is 0 Å². The Kier molecular flexibility index (Phi) is 4.36. The van der Waals surface area contributed by atoms with Gasteiger partial charge in [-0.05, 0) is 36.9 Å². The quantitative estimate of drug-likeness (QED) is 0.893. The van der Waals surface area contributed by atoms with Crippen molar-refractivity contribution < 1.29 is 4.74 Å². The smallest absolute Gasteiger partial charge is 0.118 e. The summed E-state index contributed by atoms with van der Waals surface area (Å²) in [6.07, 6.45) is 1.69. The molecule has 0 aliphatic rings. The molecule has 0 saturated carbocycles. The zero-order valence-electron chi connectivity index (χ0n) is 11.3. The largest absolute Gasteiger partial charge is 0.497 e. The molecular formula is C15H19N3O. The first kappa shape index (κ1) is 13.4. The van der Waals surface area contributed by atoms with Crippen molar-refractivity contribution in [1.82, 2.24) is 9.88 Å². The van der Waals surface area contributed by atoms with Gasteiger partial charge in [-0.2, -0.15) is 0 Å². The number of anilines is 1. The number of hydrogen-bond acceptors (Lipinski definition) is 4. The number of nitrogens with zero attached hydrogens (tertiary/aromatic N) is 2. The third-order valence-electron chi connectivity index (χ3n) is 2.89. The predicted octanol–water partition coefficient (Wildman–Crippen LogP) is 2.30. The first-order valence-corrected chi connectivity index (χ1v) is 6.19. The zero-order valence-corrected chi connectivity index (χ0v) is 11.3. The van der Waals surface area contributed by atoms with Gasteiger partial charge in [0.25, 0.3) is 0 Å². The Labute approximate surface area is 113 Å². The van der Waals surface area contributed by atoms with Crippen molar-refractivity contribution in [2.45, 2.75) is 13.1 Å². The van der Waals surface area contributed by atoms with Crippen LogP contribution in [-0.2, 0) is 13.1 Å². The highest BCUT2D eigenvalue weighted by Crippen LogP contribution is 2.13. The Morgan fingerprint density at radius 1 is 1.11 bits per heavy atom. The molecule has 0 radical (unpaired) electrons. The van der Waals surface area contributed by atoms with Crippen molar-refractivity contribution in [3.8, 4) is 5.75 Å². The van der Waals surface area contributed by atoms with Crippen LogP contribution in [0.3, 0.4) is 0 Å². The lowest BCUT2D eigenvalue weighted by Gasteiger charge is -2.16. The average molecular weight is 257 g/mol. The molecule has 1 heterocycles. The van der Waals surface area contributed by atoms with Gasteiger partial charge in [0.2, 0.25) is 0 Å². The molecular weight excluding hydrogens is 238 g/mol. The van der Waals surface area contributed by atoms with Crippen LogP contribution in [0.4, 0.5) is 5.69 Å². The second-order valence-electron chi connectivity index (χ2n) is 4.60. The van der Waals surface area contributed by atoms with Gasteiger partial charge >= 0.3 is 0 Å². The summed E-state index contributed by atoms with van der Waals surface area (Å²) in [5.41, 5.74) is 8.58. The molecule has 0 unspecified atom stereocenters. The molecule has 0 spiro atoms. The van der Waals surface area contributed by atoms with Crippen LogP contribution in [0.25, 0.3) is 0 Å². The number of hydrogen-bond donors (Lipinski definition) is 1. The van der Waals surface area contributed by atoms with E-state index in [0.29, 0.717) is 5.69 Å². The number of benzene rings is 1. The highest BCUT2D eigenvalue weighted by Gasteiger charge is 2.03. The SMILES string of the molecule is COc1ccc(CN(C)Cc2ccc(N)cn2)cc1. The van der Waals surface area contributed by atoms with Crippen LogP contribution in [0.1, 0.15) is 11.3 Å². The molecule has 0 atom stereocenters. The van der Waals surface area contributed by atoms with Crippen LogP contribution in [0, 0.1) is 0 Å². The van der Waals surface area contributed by atoms with Crippen molar-refractivity contribution in [3.05, 3.63) is 53.9 Å². The lowest BCUT2D eigenvalue weighted by molar-refractivity contribution is 0.315. The molecule has 2 aromatic rings. The normalized spacial score (nSPS) is 10.7. The number of nitrogen functional groups attached to an aromatic ring is 1. The summed E-state index contributed by atoms with van der Waals surface area (Å²) in [5.74, 6) is 0.881. The van der Waals surface area contributed by atoms with Gasteiger partial charge in [0.05, 0.1) is 24.7 Å². The topological polar surface area (TPSA) is 51.4 Å². The van der Waals surface area contributed by atoms with Crippen LogP contribution >= 0.6 is 0 Å². The van der Waals surface area contributed by atoms with E-state index in [4.69, 9.17) is 10.5 Å². The highest BCUT2D eigenvalue weighted by atomic mass is 16.5. The third kappa shape index (κ3) is 3.96. The van der Waals surface area contributed by atoms with Crippen LogP contribution in [0.5, 0.6) is 5.75 Å². The molecule has 1 aromatic carbocycles. The minimum absolute atomic E-state index is 0.696. The molecule has 19 heavy (non-hydrogen) atoms. The molecule has 100 valence electrons. The first-order valence-electron chi connectivity index (χ1n) is 6.19. The standard InChI is InChI=1S/C15H19N3O/c1-18(11-14-6-5-13(16)9-17-14)10-12-3-7-15(19-2)8-4-12/h3-9H,10-11,16H2,1-2H3. The molecule has 0 aliphatic heterocycles. The molecule has 1 aromatic heterocycles. The minimum atomic E-state index is 0.696. The van der Waals surface area contributed by atoms with E-state index in [0.717, 1.165) is 24.5 Å². The molecule has 0 aliphatic carbocycles. The zero-order chi connectivity index (χ0) is 13.7. The van der Waals surface area contributed by atoms with Crippen molar-refractivity contribution in [2.24, 2.45) is 0 Å². The van der Waals surface area contributed by atoms with Crippen molar-refractivity contribution >= 4 is 5.69 Å². The molecule has 0 saturated heterocycles. The van der Waals surface area contributed by atoms with Gasteiger partial charge in [0, 0.05) is 13.1 Å². The number of aromatic nitrogens is 1. The molecule has 2 rings (SSSR count). The predicted molar refractivity (Wildman–Crippen MR) is 76.8 cm³/mol. The third-order valence-corrected chi connectivity index (χ3v) is 2.89. The summed E-state index contributed by atoms with van der Waals surface area (Å²) in [6.45, 7) is 1.67. The van der Waals surface area contributed by atoms with Crippen LogP contribution in [-0.4, -0.2) is 24.0 Å². The van der Waals surface area contributed by atoms with Gasteiger partial charge in [-0.3, -0.25) is 9.88 Å². The van der Waals surface area contributed by atoms with E-state index in [1.54, 1.807) is 13.3 Å². The Hall–Kier alpha value is -2.07. The number of pyridine rings is 1. The van der Waals surface area contributed by atoms with E-state index in [9.17, 15) is 0 Å². The maximum atomic E-state index is 5.62. The Morgan fingerprint density at radius 2 is 1.84 bits per heavy atom. The number of ether oxygens (including phenoxy) is 1. The van der Waals surface area contributed by atoms with Crippen molar-refractivity contribution in [3.63, 3.8) is 0 Å². The number of methoxy groups -OCH3 is 1. The van der Waals surface area contributed by atoms with Crippen LogP contribution < -0.4 is 10.5 Å². The minimum Gasteiger partial charge on any atom is -0.497 e. The monoisotopic (exact) mass is 257 g/mol. The van der Waals surface area contributed by atoms with Crippen LogP contribution in [0.15, 0.2) is 42.6 Å². The lowest BCUT2D eigenvalue weighted by Crippen LogP contribution is -2.17. The van der Waals surface area contributed by atoms with Gasteiger partial charge in [-0.1, -0.05) is 12.1 Å². The summed E-state index contributed by atoms with van der Waals surface area (Å²) >= 11 is 0. The van der Waals surface area contributed by atoms with E-state index in [-0.39, 0.29) is 0 Å². The lowest BCUT2D eigenvalue weighted by atomic mass is 10.2. The molecule has 0 fully saturated rings. The van der Waals surface area contributed by atoms with Gasteiger partial charge in [0.15, 0.2) is 0 Å². The summed E-state index contributed by atoms with van der Waals surface area (Å²) in [6, 6.07) is 11.9. The van der Waals surface area contributed by atoms with Gasteiger partial charge < -0.3 is 10.5 Å². The fraction of sp³-hybridized carbons (Fsp3) is 0.267. The molecule has 0 bridgehead atoms. The van der Waals surface area contributed by atoms with Crippen LogP contribution in [0.2, 0.25) is 0 Å². The van der Waals surface area contributed by atoms with Crippen molar-refractivity contribution in [1.29, 1.82) is 0 Å². The Bertz CT molecular complexity index is 508. The molecule has 0 amide bonds. The second kappa shape index (κ2) is 6.20. The van der Waals surface area contributed by atoms with E-state index < -0.39 is 0 Å². The molecule has 4 nitrogen and oxygen atoms in total. The highest BCUT2D eigenvalue weighted by molar-refractivity contribution is 5.34. The number of rotatable bonds is 5. The Morgan fingerprint density at radius 3 is 2.42 bits per heavy atom. The second-order valence-corrected chi connectivity index (χ2v) is 4.60. The summed E-state index contributed by atoms with van der Waals surface area (Å²) in [7, 11) is 3.75. The maximum Gasteiger partial charge on any atom is 0.118 e. The van der Waals surface area contributed by atoms with Gasteiger partial charge in [-0.25, -0.2) is 0 Å². The summed E-state index contributed by atoms with van der Waals surface area (Å²) in [5, 5.41) is 0. The first-order chi connectivity index (χ1) is 9.17. The van der Waals surface area contributed by atoms with E-state index in [2.05, 4.69) is 29.1 Å². The fourth-order valence-electron chi connectivity index (χ4n) is 1.90. The summed E-state index contributed by atoms with van der Waals surface area (Å²) in [4.78, 5) is 6.51.